The van der Waals surface area contributed by atoms with E-state index < -0.39 is 0 Å². The predicted molar refractivity (Wildman–Crippen MR) is 110 cm³/mol. The second-order valence-corrected chi connectivity index (χ2v) is 7.95. The van der Waals surface area contributed by atoms with Gasteiger partial charge in [0.05, 0.1) is 25.2 Å². The predicted octanol–water partition coefficient (Wildman–Crippen LogP) is 3.67. The first-order chi connectivity index (χ1) is 13.5. The van der Waals surface area contributed by atoms with Crippen LogP contribution in [0.25, 0.3) is 0 Å². The molecule has 1 aliphatic heterocycles. The molecule has 0 saturated carbocycles. The van der Waals surface area contributed by atoms with E-state index >= 15 is 0 Å². The first-order valence-corrected chi connectivity index (χ1v) is 10.1. The number of hydrogen-bond donors (Lipinski definition) is 0. The zero-order chi connectivity index (χ0) is 20.1. The first-order valence-electron chi connectivity index (χ1n) is 9.20. The number of thioether (sulfide) groups is 1. The highest BCUT2D eigenvalue weighted by atomic mass is 32.2. The summed E-state index contributed by atoms with van der Waals surface area (Å²) in [6.45, 7) is 4.34. The topological polar surface area (TPSA) is 42.0 Å². The van der Waals surface area contributed by atoms with E-state index in [0.29, 0.717) is 43.4 Å². The van der Waals surface area contributed by atoms with Crippen molar-refractivity contribution in [1.82, 2.24) is 4.90 Å². The molecule has 1 aliphatic rings. The molecule has 1 atom stereocenters. The van der Waals surface area contributed by atoms with Crippen LogP contribution in [0.5, 0.6) is 11.5 Å². The zero-order valence-electron chi connectivity index (χ0n) is 16.4. The average molecular weight is 405 g/mol. The van der Waals surface area contributed by atoms with Crippen LogP contribution >= 0.6 is 11.8 Å². The number of halogens is 1. The minimum atomic E-state index is -0.224. The van der Waals surface area contributed by atoms with Crippen molar-refractivity contribution in [1.29, 1.82) is 0 Å². The number of ether oxygens (including phenoxy) is 2. The summed E-state index contributed by atoms with van der Waals surface area (Å²) in [6, 6.07) is 12.4. The van der Waals surface area contributed by atoms with Crippen LogP contribution < -0.4 is 14.4 Å². The highest BCUT2D eigenvalue weighted by Crippen LogP contribution is 2.34. The summed E-state index contributed by atoms with van der Waals surface area (Å²) in [5, 5.41) is -0.224. The molecule has 2 aromatic carbocycles. The number of anilines is 1. The molecule has 28 heavy (non-hydrogen) atoms. The molecule has 5 nitrogen and oxygen atoms in total. The largest absolute Gasteiger partial charge is 0.493 e. The normalized spacial score (nSPS) is 15.3. The molecule has 0 aromatic heterocycles. The summed E-state index contributed by atoms with van der Waals surface area (Å²) >= 11 is 1.49. The number of rotatable bonds is 6. The molecule has 0 aliphatic carbocycles. The molecule has 0 bridgehead atoms. The van der Waals surface area contributed by atoms with E-state index in [4.69, 9.17) is 9.47 Å². The summed E-state index contributed by atoms with van der Waals surface area (Å²) in [5.74, 6) is 1.17. The van der Waals surface area contributed by atoms with Gasteiger partial charge in [-0.3, -0.25) is 4.79 Å². The molecule has 3 rings (SSSR count). The van der Waals surface area contributed by atoms with Crippen molar-refractivity contribution in [2.24, 2.45) is 0 Å². The van der Waals surface area contributed by atoms with Gasteiger partial charge in [-0.2, -0.15) is 0 Å². The number of amides is 1. The fourth-order valence-electron chi connectivity index (χ4n) is 3.28. The van der Waals surface area contributed by atoms with Crippen molar-refractivity contribution in [3.8, 4) is 11.5 Å². The van der Waals surface area contributed by atoms with Gasteiger partial charge in [-0.25, -0.2) is 4.39 Å². The van der Waals surface area contributed by atoms with Crippen LogP contribution in [0.4, 0.5) is 10.1 Å². The van der Waals surface area contributed by atoms with Crippen LogP contribution in [-0.4, -0.2) is 56.5 Å². The molecule has 0 radical (unpaired) electrons. The Morgan fingerprint density at radius 3 is 2.36 bits per heavy atom. The maximum Gasteiger partial charge on any atom is 0.235 e. The molecule has 2 aromatic rings. The monoisotopic (exact) mass is 404 g/mol. The van der Waals surface area contributed by atoms with Gasteiger partial charge in [-0.1, -0.05) is 12.1 Å². The number of carbonyl (C=O) groups is 1. The second kappa shape index (κ2) is 9.19. The maximum atomic E-state index is 14.0. The summed E-state index contributed by atoms with van der Waals surface area (Å²) in [5.41, 5.74) is 0.599. The van der Waals surface area contributed by atoms with E-state index in [9.17, 15) is 9.18 Å². The van der Waals surface area contributed by atoms with Crippen LogP contribution in [0.15, 0.2) is 47.4 Å². The van der Waals surface area contributed by atoms with Gasteiger partial charge in [-0.15, -0.1) is 11.8 Å². The number of benzene rings is 2. The smallest absolute Gasteiger partial charge is 0.235 e. The molecule has 0 spiro atoms. The van der Waals surface area contributed by atoms with Crippen LogP contribution in [0, 0.1) is 5.82 Å². The third kappa shape index (κ3) is 4.52. The third-order valence-electron chi connectivity index (χ3n) is 4.80. The maximum absolute atomic E-state index is 14.0. The van der Waals surface area contributed by atoms with Gasteiger partial charge in [0.2, 0.25) is 5.91 Å². The van der Waals surface area contributed by atoms with Gasteiger partial charge in [0.15, 0.2) is 11.5 Å². The van der Waals surface area contributed by atoms with Crippen LogP contribution in [0.2, 0.25) is 0 Å². The first kappa shape index (κ1) is 20.3. The van der Waals surface area contributed by atoms with E-state index in [-0.39, 0.29) is 17.0 Å². The van der Waals surface area contributed by atoms with Gasteiger partial charge in [0, 0.05) is 31.1 Å². The highest BCUT2D eigenvalue weighted by Gasteiger charge is 2.26. The van der Waals surface area contributed by atoms with Crippen LogP contribution in [0.3, 0.4) is 0 Å². The number of para-hydroxylation sites is 1. The summed E-state index contributed by atoms with van der Waals surface area (Å²) < 4.78 is 24.6. The lowest BCUT2D eigenvalue weighted by Crippen LogP contribution is -2.50. The number of carbonyl (C=O) groups excluding carboxylic acids is 1. The van der Waals surface area contributed by atoms with E-state index in [1.807, 2.05) is 41.0 Å². The Bertz CT molecular complexity index is 825. The Hall–Kier alpha value is -2.41. The summed E-state index contributed by atoms with van der Waals surface area (Å²) in [4.78, 5) is 17.6. The van der Waals surface area contributed by atoms with E-state index in [1.54, 1.807) is 26.4 Å². The Morgan fingerprint density at radius 2 is 1.71 bits per heavy atom. The third-order valence-corrected chi connectivity index (χ3v) is 5.88. The second-order valence-electron chi connectivity index (χ2n) is 6.54. The Labute approximate surface area is 169 Å². The molecule has 0 unspecified atom stereocenters. The fraction of sp³-hybridized carbons (Fsp3) is 0.381. The average Bonchev–Trinajstić information content (AvgIpc) is 2.73. The number of piperazine rings is 1. The molecule has 1 heterocycles. The minimum absolute atomic E-state index is 0.0907. The highest BCUT2D eigenvalue weighted by molar-refractivity contribution is 8.00. The number of hydrogen-bond acceptors (Lipinski definition) is 5. The van der Waals surface area contributed by atoms with Crippen molar-refractivity contribution in [3.63, 3.8) is 0 Å². The lowest BCUT2D eigenvalue weighted by atomic mass is 10.2. The molecule has 1 saturated heterocycles. The van der Waals surface area contributed by atoms with Crippen molar-refractivity contribution < 1.29 is 18.7 Å². The number of methoxy groups -OCH3 is 2. The molecular formula is C21H25FN2O3S. The van der Waals surface area contributed by atoms with Gasteiger partial charge in [0.1, 0.15) is 5.82 Å². The molecule has 1 amide bonds. The number of nitrogens with zero attached hydrogens (tertiary/aromatic N) is 2. The molecule has 7 heteroatoms. The van der Waals surface area contributed by atoms with Crippen molar-refractivity contribution in [2.45, 2.75) is 17.1 Å². The lowest BCUT2D eigenvalue weighted by molar-refractivity contribution is -0.130. The van der Waals surface area contributed by atoms with E-state index in [2.05, 4.69) is 0 Å². The molecule has 1 fully saturated rings. The van der Waals surface area contributed by atoms with Gasteiger partial charge >= 0.3 is 0 Å². The quantitative estimate of drug-likeness (QED) is 0.687. The SMILES string of the molecule is COc1ccc(S[C@@H](C)C(=O)N2CCN(c3ccccc3F)CC2)cc1OC. The Kier molecular flexibility index (Phi) is 6.67. The molecule has 0 N–H and O–H groups in total. The summed E-state index contributed by atoms with van der Waals surface area (Å²) in [7, 11) is 3.19. The Morgan fingerprint density at radius 1 is 1.04 bits per heavy atom. The zero-order valence-corrected chi connectivity index (χ0v) is 17.2. The molecular weight excluding hydrogens is 379 g/mol. The standard InChI is InChI=1S/C21H25FN2O3S/c1-15(28-16-8-9-19(26-2)20(14-16)27-3)21(25)24-12-10-23(11-13-24)18-7-5-4-6-17(18)22/h4-9,14-15H,10-13H2,1-3H3/t15-/m0/s1. The minimum Gasteiger partial charge on any atom is -0.493 e. The van der Waals surface area contributed by atoms with Gasteiger partial charge in [-0.05, 0) is 37.3 Å². The van der Waals surface area contributed by atoms with Gasteiger partial charge in [0.25, 0.3) is 0 Å². The van der Waals surface area contributed by atoms with Crippen molar-refractivity contribution in [2.75, 3.05) is 45.3 Å². The van der Waals surface area contributed by atoms with Gasteiger partial charge < -0.3 is 19.3 Å². The van der Waals surface area contributed by atoms with Crippen molar-refractivity contribution >= 4 is 23.4 Å². The Balaban J connectivity index is 1.58. The van der Waals surface area contributed by atoms with Crippen LogP contribution in [0.1, 0.15) is 6.92 Å². The summed E-state index contributed by atoms with van der Waals surface area (Å²) in [6.07, 6.45) is 0. The fourth-order valence-corrected chi connectivity index (χ4v) is 4.26. The van der Waals surface area contributed by atoms with E-state index in [0.717, 1.165) is 4.90 Å². The lowest BCUT2D eigenvalue weighted by Gasteiger charge is -2.37. The van der Waals surface area contributed by atoms with Crippen molar-refractivity contribution in [3.05, 3.63) is 48.3 Å². The molecule has 150 valence electrons. The van der Waals surface area contributed by atoms with E-state index in [1.165, 1.54) is 17.8 Å². The van der Waals surface area contributed by atoms with Crippen LogP contribution in [-0.2, 0) is 4.79 Å².